The molecule has 0 saturated carbocycles. The molecule has 0 bridgehead atoms. The molecule has 0 fully saturated rings. The third-order valence-electron chi connectivity index (χ3n) is 0.949. The second-order valence-electron chi connectivity index (χ2n) is 2.03. The van der Waals surface area contributed by atoms with Crippen LogP contribution in [-0.2, 0) is 0 Å². The lowest BCUT2D eigenvalue weighted by molar-refractivity contribution is 0.542. The summed E-state index contributed by atoms with van der Waals surface area (Å²) in [4.78, 5) is 0. The van der Waals surface area contributed by atoms with Gasteiger partial charge in [-0.15, -0.1) is 0 Å². The molecule has 88 valence electrons. The summed E-state index contributed by atoms with van der Waals surface area (Å²) < 4.78 is 75.6. The maximum absolute atomic E-state index is 12.2. The standard InChI is InChI=1S/C6H2ClF3.F4S/c7-6-4(9)1-3(8)2-5(6)10;1-5(2,3)4/h1-2H;. The van der Waals surface area contributed by atoms with Gasteiger partial charge in [-0.1, -0.05) is 27.1 Å². The van der Waals surface area contributed by atoms with Crippen molar-refractivity contribution in [3.05, 3.63) is 34.6 Å². The van der Waals surface area contributed by atoms with Gasteiger partial charge >= 0.3 is 11.6 Å². The van der Waals surface area contributed by atoms with E-state index in [0.29, 0.717) is 12.1 Å². The van der Waals surface area contributed by atoms with Crippen LogP contribution in [0.15, 0.2) is 12.1 Å². The van der Waals surface area contributed by atoms with Crippen molar-refractivity contribution in [1.82, 2.24) is 0 Å². The molecule has 0 unspecified atom stereocenters. The highest BCUT2D eigenvalue weighted by molar-refractivity contribution is 8.16. The van der Waals surface area contributed by atoms with E-state index in [9.17, 15) is 28.7 Å². The Labute approximate surface area is 87.1 Å². The molecule has 0 aliphatic rings. The number of hydrogen-bond donors (Lipinski definition) is 0. The number of benzene rings is 1. The van der Waals surface area contributed by atoms with Crippen molar-refractivity contribution in [2.24, 2.45) is 0 Å². The highest BCUT2D eigenvalue weighted by Crippen LogP contribution is 2.54. The molecular formula is C6H2ClF7S. The van der Waals surface area contributed by atoms with Gasteiger partial charge in [-0.2, -0.15) is 0 Å². The van der Waals surface area contributed by atoms with Crippen LogP contribution in [0.5, 0.6) is 0 Å². The molecule has 0 aliphatic heterocycles. The lowest BCUT2D eigenvalue weighted by atomic mass is 10.3. The molecular weight excluding hydrogens is 273 g/mol. The van der Waals surface area contributed by atoms with E-state index in [-0.39, 0.29) is 0 Å². The molecule has 0 saturated heterocycles. The topological polar surface area (TPSA) is 0 Å². The fourth-order valence-electron chi connectivity index (χ4n) is 0.525. The summed E-state index contributed by atoms with van der Waals surface area (Å²) >= 11 is -1.13. The van der Waals surface area contributed by atoms with Gasteiger partial charge in [0.2, 0.25) is 0 Å². The average Bonchev–Trinajstić information content (AvgIpc) is 1.96. The molecule has 0 aliphatic carbocycles. The summed E-state index contributed by atoms with van der Waals surface area (Å²) in [6, 6.07) is 1.04. The van der Waals surface area contributed by atoms with Crippen molar-refractivity contribution in [2.45, 2.75) is 0 Å². The Bertz CT molecular complexity index is 308. The molecule has 9 heteroatoms. The molecule has 0 heterocycles. The molecule has 15 heavy (non-hydrogen) atoms. The van der Waals surface area contributed by atoms with Crippen molar-refractivity contribution in [2.75, 3.05) is 0 Å². The van der Waals surface area contributed by atoms with Crippen LogP contribution in [0.1, 0.15) is 0 Å². The van der Waals surface area contributed by atoms with Gasteiger partial charge in [0.15, 0.2) is 0 Å². The number of hydrogen-bond acceptors (Lipinski definition) is 0. The molecule has 1 aromatic rings. The monoisotopic (exact) mass is 274 g/mol. The van der Waals surface area contributed by atoms with E-state index in [4.69, 9.17) is 11.6 Å². The zero-order valence-corrected chi connectivity index (χ0v) is 8.16. The molecule has 1 aromatic carbocycles. The third-order valence-corrected chi connectivity index (χ3v) is 1.31. The Morgan fingerprint density at radius 3 is 1.40 bits per heavy atom. The first kappa shape index (κ1) is 14.4. The predicted molar refractivity (Wildman–Crippen MR) is 43.3 cm³/mol. The van der Waals surface area contributed by atoms with Gasteiger partial charge < -0.3 is 0 Å². The predicted octanol–water partition coefficient (Wildman–Crippen LogP) is 5.09. The molecule has 0 amide bonds. The smallest absolute Gasteiger partial charge is 0.207 e. The third kappa shape index (κ3) is 7.32. The van der Waals surface area contributed by atoms with E-state index in [1.165, 1.54) is 0 Å². The van der Waals surface area contributed by atoms with E-state index >= 15 is 0 Å². The van der Waals surface area contributed by atoms with Crippen LogP contribution < -0.4 is 0 Å². The van der Waals surface area contributed by atoms with Gasteiger partial charge in [0.05, 0.1) is 0 Å². The van der Waals surface area contributed by atoms with Crippen LogP contribution in [0.25, 0.3) is 0 Å². The lowest BCUT2D eigenvalue weighted by Gasteiger charge is -1.94. The summed E-state index contributed by atoms with van der Waals surface area (Å²) in [5.41, 5.74) is 0. The Morgan fingerprint density at radius 1 is 0.867 bits per heavy atom. The van der Waals surface area contributed by atoms with Gasteiger partial charge in [0.1, 0.15) is 22.5 Å². The van der Waals surface area contributed by atoms with Crippen molar-refractivity contribution >= 4 is 23.2 Å². The van der Waals surface area contributed by atoms with E-state index < -0.39 is 34.0 Å². The molecule has 0 N–H and O–H groups in total. The summed E-state index contributed by atoms with van der Waals surface area (Å²) in [6.45, 7) is 0. The normalized spacial score (nSPS) is 11.7. The molecule has 0 spiro atoms. The average molecular weight is 275 g/mol. The first-order chi connectivity index (χ1) is 6.61. The van der Waals surface area contributed by atoms with Gasteiger partial charge in [0, 0.05) is 12.1 Å². The molecule has 0 radical (unpaired) electrons. The Hall–Kier alpha value is -0.630. The Balaban J connectivity index is 0.000000336. The highest BCUT2D eigenvalue weighted by Gasteiger charge is 2.16. The van der Waals surface area contributed by atoms with E-state index in [1.807, 2.05) is 0 Å². The second kappa shape index (κ2) is 5.45. The van der Waals surface area contributed by atoms with Crippen molar-refractivity contribution < 1.29 is 28.7 Å². The maximum Gasteiger partial charge on any atom is 0.379 e. The SMILES string of the molecule is FS(F)(F)F.Fc1cc(F)c(Cl)c(F)c1. The van der Waals surface area contributed by atoms with Gasteiger partial charge in [-0.05, 0) is 0 Å². The van der Waals surface area contributed by atoms with E-state index in [1.54, 1.807) is 0 Å². The Kier molecular flexibility index (Phi) is 5.22. The van der Waals surface area contributed by atoms with Crippen molar-refractivity contribution in [1.29, 1.82) is 0 Å². The summed E-state index contributed by atoms with van der Waals surface area (Å²) in [5.74, 6) is -3.14. The van der Waals surface area contributed by atoms with Crippen molar-refractivity contribution in [3.63, 3.8) is 0 Å². The number of rotatable bonds is 0. The summed E-state index contributed by atoms with van der Waals surface area (Å²) in [7, 11) is 0. The highest BCUT2D eigenvalue weighted by atomic mass is 35.5. The first-order valence-corrected chi connectivity index (χ1v) is 4.64. The zero-order valence-electron chi connectivity index (χ0n) is 6.59. The zero-order chi connectivity index (χ0) is 12.2. The van der Waals surface area contributed by atoms with Crippen LogP contribution in [0.4, 0.5) is 28.7 Å². The minimum Gasteiger partial charge on any atom is -0.207 e. The van der Waals surface area contributed by atoms with Gasteiger partial charge in [0.25, 0.3) is 0 Å². The van der Waals surface area contributed by atoms with Crippen molar-refractivity contribution in [3.8, 4) is 0 Å². The van der Waals surface area contributed by atoms with Crippen LogP contribution in [0, 0.1) is 17.5 Å². The largest absolute Gasteiger partial charge is 0.379 e. The lowest BCUT2D eigenvalue weighted by Crippen LogP contribution is -1.85. The van der Waals surface area contributed by atoms with Crippen LogP contribution >= 0.6 is 23.2 Å². The van der Waals surface area contributed by atoms with E-state index in [0.717, 1.165) is 0 Å². The minimum atomic E-state index is -6.17. The van der Waals surface area contributed by atoms with Gasteiger partial charge in [-0.25, -0.2) is 13.2 Å². The van der Waals surface area contributed by atoms with Crippen LogP contribution in [0.3, 0.4) is 0 Å². The second-order valence-corrected chi connectivity index (χ2v) is 3.11. The van der Waals surface area contributed by atoms with E-state index in [2.05, 4.69) is 0 Å². The number of halogens is 8. The first-order valence-electron chi connectivity index (χ1n) is 3.03. The molecule has 0 nitrogen and oxygen atoms in total. The Morgan fingerprint density at radius 2 is 1.13 bits per heavy atom. The molecule has 1 rings (SSSR count). The summed E-state index contributed by atoms with van der Waals surface area (Å²) in [5, 5.41) is -0.679. The fourth-order valence-corrected chi connectivity index (χ4v) is 0.634. The van der Waals surface area contributed by atoms with Crippen LogP contribution in [-0.4, -0.2) is 0 Å². The maximum atomic E-state index is 12.2. The summed E-state index contributed by atoms with van der Waals surface area (Å²) in [6.07, 6.45) is 0. The molecule has 0 aromatic heterocycles. The quantitative estimate of drug-likeness (QED) is 0.351. The van der Waals surface area contributed by atoms with Gasteiger partial charge in [-0.3, -0.25) is 0 Å². The van der Waals surface area contributed by atoms with Crippen LogP contribution in [0.2, 0.25) is 5.02 Å². The fraction of sp³-hybridized carbons (Fsp3) is 0. The molecule has 0 atom stereocenters. The minimum absolute atomic E-state index is 0.519.